The summed E-state index contributed by atoms with van der Waals surface area (Å²) in [5.74, 6) is 8.45. The molecule has 2 atom stereocenters. The fourth-order valence-corrected chi connectivity index (χ4v) is 6.90. The second-order valence-corrected chi connectivity index (χ2v) is 13.1. The maximum absolute atomic E-state index is 14.7. The van der Waals surface area contributed by atoms with Gasteiger partial charge in [-0.25, -0.2) is 13.2 Å². The van der Waals surface area contributed by atoms with Crippen molar-refractivity contribution < 1.29 is 17.9 Å². The highest BCUT2D eigenvalue weighted by Gasteiger charge is 2.50. The highest BCUT2D eigenvalue weighted by Crippen LogP contribution is 2.38. The van der Waals surface area contributed by atoms with Gasteiger partial charge in [0.1, 0.15) is 0 Å². The van der Waals surface area contributed by atoms with Gasteiger partial charge in [0, 0.05) is 11.1 Å². The van der Waals surface area contributed by atoms with Gasteiger partial charge in [-0.1, -0.05) is 126 Å². The smallest absolute Gasteiger partial charge is 0.339 e. The number of benzene rings is 5. The van der Waals surface area contributed by atoms with Crippen molar-refractivity contribution in [1.29, 1.82) is 0 Å². The predicted octanol–water partition coefficient (Wildman–Crippen LogP) is 7.34. The first-order valence-corrected chi connectivity index (χ1v) is 16.7. The Kier molecular flexibility index (Phi) is 10.4. The van der Waals surface area contributed by atoms with Crippen LogP contribution in [0.4, 0.5) is 0 Å². The predicted molar refractivity (Wildman–Crippen MR) is 186 cm³/mol. The Morgan fingerprint density at radius 1 is 0.766 bits per heavy atom. The van der Waals surface area contributed by atoms with E-state index in [4.69, 9.17) is 11.2 Å². The summed E-state index contributed by atoms with van der Waals surface area (Å²) in [7, 11) is -4.25. The van der Waals surface area contributed by atoms with Crippen molar-refractivity contribution in [2.75, 3.05) is 6.54 Å². The highest BCUT2D eigenvalue weighted by molar-refractivity contribution is 7.89. The zero-order chi connectivity index (χ0) is 33.3. The molecule has 6 heteroatoms. The van der Waals surface area contributed by atoms with Gasteiger partial charge < -0.3 is 4.74 Å². The number of ether oxygens (including phenoxy) is 1. The van der Waals surface area contributed by atoms with Gasteiger partial charge >= 0.3 is 5.97 Å². The zero-order valence-corrected chi connectivity index (χ0v) is 27.2. The van der Waals surface area contributed by atoms with Crippen molar-refractivity contribution in [2.24, 2.45) is 0 Å². The first-order chi connectivity index (χ1) is 22.7. The molecule has 0 unspecified atom stereocenters. The molecule has 0 aliphatic carbocycles. The summed E-state index contributed by atoms with van der Waals surface area (Å²) in [6.07, 6.45) is 6.05. The summed E-state index contributed by atoms with van der Waals surface area (Å²) in [6.45, 7) is 3.54. The maximum atomic E-state index is 14.7. The first-order valence-electron chi connectivity index (χ1n) is 15.2. The van der Waals surface area contributed by atoms with Gasteiger partial charge in [0.15, 0.2) is 0 Å². The van der Waals surface area contributed by atoms with Crippen LogP contribution in [-0.4, -0.2) is 31.3 Å². The quantitative estimate of drug-likeness (QED) is 0.119. The molecule has 5 rings (SSSR count). The van der Waals surface area contributed by atoms with Crippen molar-refractivity contribution in [2.45, 2.75) is 36.8 Å². The second kappa shape index (κ2) is 14.8. The largest absolute Gasteiger partial charge is 0.436 e. The molecule has 0 fully saturated rings. The van der Waals surface area contributed by atoms with Gasteiger partial charge in [-0.2, -0.15) is 4.31 Å². The summed E-state index contributed by atoms with van der Waals surface area (Å²) < 4.78 is 37.2. The normalized spacial score (nSPS) is 13.0. The van der Waals surface area contributed by atoms with Crippen LogP contribution in [0.2, 0.25) is 0 Å². The molecule has 234 valence electrons. The monoisotopic (exact) mass is 637 g/mol. The number of hydrogen-bond acceptors (Lipinski definition) is 4. The molecule has 0 radical (unpaired) electrons. The van der Waals surface area contributed by atoms with Crippen molar-refractivity contribution in [1.82, 2.24) is 4.31 Å². The Balaban J connectivity index is 1.84. The Bertz CT molecular complexity index is 2010. The Hall–Kier alpha value is -5.40. The number of sulfonamides is 1. The number of esters is 1. The van der Waals surface area contributed by atoms with Gasteiger partial charge in [-0.15, -0.1) is 6.42 Å². The van der Waals surface area contributed by atoms with E-state index < -0.39 is 27.6 Å². The molecule has 5 nitrogen and oxygen atoms in total. The van der Waals surface area contributed by atoms with E-state index >= 15 is 0 Å². The average Bonchev–Trinajstić information content (AvgIpc) is 3.10. The summed E-state index contributed by atoms with van der Waals surface area (Å²) in [4.78, 5) is 14.2. The van der Waals surface area contributed by atoms with E-state index in [-0.39, 0.29) is 17.9 Å². The minimum atomic E-state index is -4.25. The van der Waals surface area contributed by atoms with Crippen LogP contribution in [0, 0.1) is 38.0 Å². The number of rotatable bonds is 10. The van der Waals surface area contributed by atoms with Crippen LogP contribution in [-0.2, 0) is 26.8 Å². The van der Waals surface area contributed by atoms with Gasteiger partial charge in [-0.05, 0) is 68.2 Å². The number of carbonyl (C=O) groups excluding carboxylic acids is 1. The molecule has 0 aromatic heterocycles. The van der Waals surface area contributed by atoms with Crippen molar-refractivity contribution in [3.05, 3.63) is 173 Å². The van der Waals surface area contributed by atoms with Crippen molar-refractivity contribution in [3.63, 3.8) is 0 Å². The van der Waals surface area contributed by atoms with Gasteiger partial charge in [0.25, 0.3) is 0 Å². The fraction of sp³-hybridized carbons (Fsp3) is 0.146. The molecule has 5 aromatic rings. The Morgan fingerprint density at radius 3 is 1.87 bits per heavy atom. The van der Waals surface area contributed by atoms with Crippen molar-refractivity contribution >= 4 is 16.0 Å². The molecular weight excluding hydrogens is 603 g/mol. The third-order valence-corrected chi connectivity index (χ3v) is 9.74. The van der Waals surface area contributed by atoms with E-state index in [1.54, 1.807) is 54.6 Å². The highest BCUT2D eigenvalue weighted by atomic mass is 32.2. The van der Waals surface area contributed by atoms with Gasteiger partial charge in [0.2, 0.25) is 15.6 Å². The number of hydrogen-bond donors (Lipinski definition) is 0. The molecular formula is C41H35NO4S. The van der Waals surface area contributed by atoms with Crippen LogP contribution in [0.3, 0.4) is 0 Å². The fourth-order valence-electron chi connectivity index (χ4n) is 5.35. The van der Waals surface area contributed by atoms with Crippen LogP contribution in [0.5, 0.6) is 0 Å². The molecule has 0 aliphatic heterocycles. The minimum absolute atomic E-state index is 0.0691. The summed E-state index contributed by atoms with van der Waals surface area (Å²) in [5, 5.41) is 0. The molecule has 0 saturated carbocycles. The lowest BCUT2D eigenvalue weighted by molar-refractivity contribution is -0.0230. The van der Waals surface area contributed by atoms with Crippen LogP contribution in [0.25, 0.3) is 0 Å². The Morgan fingerprint density at radius 2 is 1.30 bits per heavy atom. The third kappa shape index (κ3) is 7.71. The molecule has 47 heavy (non-hydrogen) atoms. The van der Waals surface area contributed by atoms with E-state index in [2.05, 4.69) is 17.8 Å². The molecule has 0 bridgehead atoms. The van der Waals surface area contributed by atoms with E-state index in [0.717, 1.165) is 16.7 Å². The standard InChI is InChI=1S/C41H35NO4S/c1-4-30-42(47(44,45)38-26-22-33(3)23-27-38)39(31-35-16-10-6-11-17-35)41(37-24-20-32(2)21-25-37,29-28-34-14-8-5-9-15-34)46-40(43)36-18-12-7-13-19-36/h1,5-27,39H,30-31H2,2-3H3/t39-,41-/m0/s1. The van der Waals surface area contributed by atoms with Gasteiger partial charge in [0.05, 0.1) is 23.0 Å². The van der Waals surface area contributed by atoms with Crippen molar-refractivity contribution in [3.8, 4) is 24.2 Å². The van der Waals surface area contributed by atoms with E-state index in [1.807, 2.05) is 98.8 Å². The Labute approximate surface area is 277 Å². The van der Waals surface area contributed by atoms with E-state index in [1.165, 1.54) is 4.31 Å². The van der Waals surface area contributed by atoms with Gasteiger partial charge in [-0.3, -0.25) is 0 Å². The lowest BCUT2D eigenvalue weighted by Gasteiger charge is -2.42. The molecule has 0 aliphatic rings. The average molecular weight is 638 g/mol. The SMILES string of the molecule is C#CCN([C@@H](Cc1ccccc1)[C@@](C#Cc1ccccc1)(OC(=O)c1ccccc1)c1ccc(C)cc1)S(=O)(=O)c1ccc(C)cc1. The number of carbonyl (C=O) groups is 1. The third-order valence-electron chi connectivity index (χ3n) is 7.87. The topological polar surface area (TPSA) is 63.7 Å². The lowest BCUT2D eigenvalue weighted by atomic mass is 9.82. The summed E-state index contributed by atoms with van der Waals surface area (Å²) in [6, 6.07) is 40.3. The molecule has 5 aromatic carbocycles. The lowest BCUT2D eigenvalue weighted by Crippen LogP contribution is -2.55. The molecule has 0 spiro atoms. The van der Waals surface area contributed by atoms with E-state index in [9.17, 15) is 13.2 Å². The van der Waals surface area contributed by atoms with Crippen LogP contribution in [0.15, 0.2) is 144 Å². The first kappa shape index (κ1) is 33.0. The zero-order valence-electron chi connectivity index (χ0n) is 26.3. The minimum Gasteiger partial charge on any atom is -0.436 e. The maximum Gasteiger partial charge on any atom is 0.339 e. The molecule has 0 heterocycles. The second-order valence-electron chi connectivity index (χ2n) is 11.2. The number of terminal acetylenes is 1. The molecule has 0 N–H and O–H groups in total. The van der Waals surface area contributed by atoms with Crippen LogP contribution < -0.4 is 0 Å². The summed E-state index contributed by atoms with van der Waals surface area (Å²) >= 11 is 0. The van der Waals surface area contributed by atoms with Crippen LogP contribution >= 0.6 is 0 Å². The summed E-state index contributed by atoms with van der Waals surface area (Å²) in [5.41, 5.74) is 2.36. The molecule has 0 amide bonds. The van der Waals surface area contributed by atoms with Crippen LogP contribution in [0.1, 0.15) is 38.2 Å². The molecule has 0 saturated heterocycles. The van der Waals surface area contributed by atoms with E-state index in [0.29, 0.717) is 16.7 Å². The number of nitrogens with zero attached hydrogens (tertiary/aromatic N) is 1. The number of aryl methyl sites for hydroxylation is 2.